The number of ether oxygens (including phenoxy) is 2. The minimum Gasteiger partial charge on any atom is -0.467 e. The van der Waals surface area contributed by atoms with E-state index < -0.39 is 5.41 Å². The lowest BCUT2D eigenvalue weighted by atomic mass is 10.0. The van der Waals surface area contributed by atoms with E-state index in [-0.39, 0.29) is 25.2 Å². The van der Waals surface area contributed by atoms with Crippen LogP contribution in [0.2, 0.25) is 0 Å². The summed E-state index contributed by atoms with van der Waals surface area (Å²) in [6.07, 6.45) is 2.67. The number of carbonyl (C=O) groups is 2. The fraction of sp³-hybridized carbons (Fsp3) is 0.333. The summed E-state index contributed by atoms with van der Waals surface area (Å²) in [4.78, 5) is 24.9. The Morgan fingerprint density at radius 1 is 1.00 bits per heavy atom. The van der Waals surface area contributed by atoms with Gasteiger partial charge >= 0.3 is 0 Å². The number of hydrogen-bond donors (Lipinski definition) is 2. The Morgan fingerprint density at radius 3 is 2.48 bits per heavy atom. The maximum Gasteiger partial charge on any atom is 0.236 e. The van der Waals surface area contributed by atoms with Gasteiger partial charge in [0, 0.05) is 6.54 Å². The molecule has 2 aromatic rings. The number of hydrogen-bond acceptors (Lipinski definition) is 5. The molecular formula is C18H18N2O5. The number of furan rings is 1. The Labute approximate surface area is 144 Å². The van der Waals surface area contributed by atoms with Crippen LogP contribution in [0.15, 0.2) is 41.0 Å². The van der Waals surface area contributed by atoms with Gasteiger partial charge < -0.3 is 24.5 Å². The van der Waals surface area contributed by atoms with Crippen molar-refractivity contribution >= 4 is 11.8 Å². The topological polar surface area (TPSA) is 89.8 Å². The monoisotopic (exact) mass is 342 g/mol. The van der Waals surface area contributed by atoms with Gasteiger partial charge in [-0.05, 0) is 42.7 Å². The molecule has 7 nitrogen and oxygen atoms in total. The van der Waals surface area contributed by atoms with Gasteiger partial charge in [-0.3, -0.25) is 9.59 Å². The van der Waals surface area contributed by atoms with Gasteiger partial charge in [-0.2, -0.15) is 0 Å². The molecule has 25 heavy (non-hydrogen) atoms. The van der Waals surface area contributed by atoms with E-state index in [9.17, 15) is 9.59 Å². The first kappa shape index (κ1) is 15.6. The van der Waals surface area contributed by atoms with Crippen LogP contribution in [-0.2, 0) is 22.7 Å². The van der Waals surface area contributed by atoms with Crippen LogP contribution in [0, 0.1) is 5.41 Å². The molecule has 7 heteroatoms. The van der Waals surface area contributed by atoms with Crippen molar-refractivity contribution in [1.82, 2.24) is 10.6 Å². The van der Waals surface area contributed by atoms with Crippen LogP contribution in [0.1, 0.15) is 24.2 Å². The summed E-state index contributed by atoms with van der Waals surface area (Å²) in [5, 5.41) is 5.62. The van der Waals surface area contributed by atoms with Gasteiger partial charge in [-0.15, -0.1) is 0 Å². The molecule has 2 heterocycles. The second-order valence-corrected chi connectivity index (χ2v) is 6.21. The van der Waals surface area contributed by atoms with Crippen LogP contribution in [0.3, 0.4) is 0 Å². The summed E-state index contributed by atoms with van der Waals surface area (Å²) in [7, 11) is 0. The highest BCUT2D eigenvalue weighted by Gasteiger charge is 2.56. The van der Waals surface area contributed by atoms with Crippen molar-refractivity contribution in [2.24, 2.45) is 5.41 Å². The van der Waals surface area contributed by atoms with Gasteiger partial charge in [-0.1, -0.05) is 6.07 Å². The van der Waals surface area contributed by atoms with Crippen molar-refractivity contribution in [3.8, 4) is 11.5 Å². The van der Waals surface area contributed by atoms with E-state index in [1.54, 1.807) is 18.4 Å². The van der Waals surface area contributed by atoms with E-state index >= 15 is 0 Å². The average molecular weight is 342 g/mol. The Bertz CT molecular complexity index is 796. The maximum absolute atomic E-state index is 12.5. The standard InChI is InChI=1S/C18H18N2O5/c21-16(19-9-12-3-4-14-15(8-12)25-11-24-14)18(5-6-18)17(22)20-10-13-2-1-7-23-13/h1-4,7-8H,5-6,9-11H2,(H,19,21)(H,20,22). The van der Waals surface area contributed by atoms with Gasteiger partial charge in [0.05, 0.1) is 12.8 Å². The molecule has 130 valence electrons. The van der Waals surface area contributed by atoms with Gasteiger partial charge in [0.25, 0.3) is 0 Å². The summed E-state index contributed by atoms with van der Waals surface area (Å²) < 4.78 is 15.8. The molecule has 4 rings (SSSR count). The van der Waals surface area contributed by atoms with Crippen molar-refractivity contribution in [2.75, 3.05) is 6.79 Å². The van der Waals surface area contributed by atoms with Crippen LogP contribution in [0.25, 0.3) is 0 Å². The van der Waals surface area contributed by atoms with Crippen LogP contribution < -0.4 is 20.1 Å². The molecule has 1 aliphatic heterocycles. The quantitative estimate of drug-likeness (QED) is 0.780. The predicted octanol–water partition coefficient (Wildman–Crippen LogP) is 1.72. The zero-order chi connectivity index (χ0) is 17.3. The number of benzene rings is 1. The lowest BCUT2D eigenvalue weighted by Gasteiger charge is -2.15. The average Bonchev–Trinajstić information content (AvgIpc) is 3.06. The Morgan fingerprint density at radius 2 is 1.76 bits per heavy atom. The molecule has 2 aliphatic rings. The molecule has 0 spiro atoms. The minimum atomic E-state index is -0.955. The van der Waals surface area contributed by atoms with Crippen LogP contribution >= 0.6 is 0 Å². The highest BCUT2D eigenvalue weighted by Crippen LogP contribution is 2.46. The first-order valence-corrected chi connectivity index (χ1v) is 8.15. The molecule has 2 N–H and O–H groups in total. The van der Waals surface area contributed by atoms with Gasteiger partial charge in [0.2, 0.25) is 18.6 Å². The number of rotatable bonds is 6. The normalized spacial score (nSPS) is 16.3. The zero-order valence-electron chi connectivity index (χ0n) is 13.5. The highest BCUT2D eigenvalue weighted by molar-refractivity contribution is 6.07. The van der Waals surface area contributed by atoms with E-state index in [2.05, 4.69) is 10.6 Å². The third-order valence-corrected chi connectivity index (χ3v) is 4.51. The molecule has 0 radical (unpaired) electrons. The fourth-order valence-corrected chi connectivity index (χ4v) is 2.83. The summed E-state index contributed by atoms with van der Waals surface area (Å²) in [5.41, 5.74) is -0.0625. The second kappa shape index (κ2) is 6.16. The third kappa shape index (κ3) is 3.05. The van der Waals surface area contributed by atoms with Crippen LogP contribution in [-0.4, -0.2) is 18.6 Å². The molecule has 0 unspecified atom stereocenters. The number of nitrogens with one attached hydrogen (secondary N) is 2. The molecule has 1 saturated carbocycles. The van der Waals surface area contributed by atoms with Crippen molar-refractivity contribution < 1.29 is 23.5 Å². The van der Waals surface area contributed by atoms with Crippen molar-refractivity contribution in [3.05, 3.63) is 47.9 Å². The highest BCUT2D eigenvalue weighted by atomic mass is 16.7. The number of fused-ring (bicyclic) bond motifs is 1. The summed E-state index contributed by atoms with van der Waals surface area (Å²) in [6, 6.07) is 9.04. The number of amides is 2. The summed E-state index contributed by atoms with van der Waals surface area (Å²) >= 11 is 0. The third-order valence-electron chi connectivity index (χ3n) is 4.51. The van der Waals surface area contributed by atoms with Crippen molar-refractivity contribution in [3.63, 3.8) is 0 Å². The van der Waals surface area contributed by atoms with E-state index in [1.807, 2.05) is 18.2 Å². The van der Waals surface area contributed by atoms with Gasteiger partial charge in [0.1, 0.15) is 11.2 Å². The van der Waals surface area contributed by atoms with E-state index in [0.717, 1.165) is 5.56 Å². The predicted molar refractivity (Wildman–Crippen MR) is 86.6 cm³/mol. The molecule has 0 saturated heterocycles. The largest absolute Gasteiger partial charge is 0.467 e. The first-order valence-electron chi connectivity index (χ1n) is 8.15. The molecule has 0 bridgehead atoms. The zero-order valence-corrected chi connectivity index (χ0v) is 13.5. The minimum absolute atomic E-state index is 0.212. The summed E-state index contributed by atoms with van der Waals surface area (Å²) in [6.45, 7) is 0.829. The summed E-state index contributed by atoms with van der Waals surface area (Å²) in [5.74, 6) is 1.52. The molecule has 2 amide bonds. The molecule has 1 aromatic heterocycles. The van der Waals surface area contributed by atoms with E-state index in [0.29, 0.717) is 36.6 Å². The van der Waals surface area contributed by atoms with E-state index in [4.69, 9.17) is 13.9 Å². The van der Waals surface area contributed by atoms with Crippen molar-refractivity contribution in [2.45, 2.75) is 25.9 Å². The Balaban J connectivity index is 1.33. The Hall–Kier alpha value is -2.96. The van der Waals surface area contributed by atoms with Gasteiger partial charge in [-0.25, -0.2) is 0 Å². The molecule has 1 aromatic carbocycles. The molecule has 0 atom stereocenters. The van der Waals surface area contributed by atoms with E-state index in [1.165, 1.54) is 0 Å². The number of carbonyl (C=O) groups excluding carboxylic acids is 2. The van der Waals surface area contributed by atoms with Gasteiger partial charge in [0.15, 0.2) is 11.5 Å². The van der Waals surface area contributed by atoms with Crippen LogP contribution in [0.4, 0.5) is 0 Å². The maximum atomic E-state index is 12.5. The lowest BCUT2D eigenvalue weighted by molar-refractivity contribution is -0.137. The fourth-order valence-electron chi connectivity index (χ4n) is 2.83. The molecule has 1 aliphatic carbocycles. The molecule has 1 fully saturated rings. The molecular weight excluding hydrogens is 324 g/mol. The first-order chi connectivity index (χ1) is 12.2. The van der Waals surface area contributed by atoms with Crippen LogP contribution in [0.5, 0.6) is 11.5 Å². The smallest absolute Gasteiger partial charge is 0.236 e. The second-order valence-electron chi connectivity index (χ2n) is 6.21. The lowest BCUT2D eigenvalue weighted by Crippen LogP contribution is -2.42. The van der Waals surface area contributed by atoms with Crippen molar-refractivity contribution in [1.29, 1.82) is 0 Å². The Kier molecular flexibility index (Phi) is 3.83. The SMILES string of the molecule is O=C(NCc1ccc2c(c1)OCO2)C1(C(=O)NCc2ccco2)CC1.